The van der Waals surface area contributed by atoms with Crippen LogP contribution in [0.1, 0.15) is 5.56 Å². The Morgan fingerprint density at radius 3 is 1.44 bits per heavy atom. The quantitative estimate of drug-likeness (QED) is 0.366. The third-order valence-corrected chi connectivity index (χ3v) is 4.25. The predicted molar refractivity (Wildman–Crippen MR) is 78.9 cm³/mol. The van der Waals surface area contributed by atoms with Crippen LogP contribution in [0.5, 0.6) is 0 Å². The molecule has 0 aromatic heterocycles. The Morgan fingerprint density at radius 2 is 1.03 bits per heavy atom. The second-order valence-corrected chi connectivity index (χ2v) is 6.54. The maximum atomic E-state index is 13.7. The predicted octanol–water partition coefficient (Wildman–Crippen LogP) is 6.02. The minimum atomic E-state index is -8.53. The summed E-state index contributed by atoms with van der Waals surface area (Å²) in [6, 6.07) is 5.81. The molecule has 0 radical (unpaired) electrons. The van der Waals surface area contributed by atoms with E-state index >= 15 is 0 Å². The average Bonchev–Trinajstić information content (AvgIpc) is 2.71. The van der Waals surface area contributed by atoms with Gasteiger partial charge in [-0.05, 0) is 5.56 Å². The van der Waals surface area contributed by atoms with Crippen molar-refractivity contribution in [3.05, 3.63) is 35.9 Å². The molecule has 1 aromatic rings. The van der Waals surface area contributed by atoms with Gasteiger partial charge >= 0.3 is 47.9 Å². The SMILES string of the molecule is O=C(NCc1ccccc1)C(F)(F)C(F)(F)C(F)(F)C(F)(F)C(F)(F)C(F)(F)C(F)(F)C(F)F. The van der Waals surface area contributed by atoms with Crippen LogP contribution in [0.2, 0.25) is 0 Å². The van der Waals surface area contributed by atoms with Gasteiger partial charge < -0.3 is 5.32 Å². The minimum absolute atomic E-state index is 0.160. The van der Waals surface area contributed by atoms with E-state index in [2.05, 4.69) is 0 Å². The van der Waals surface area contributed by atoms with Crippen LogP contribution >= 0.6 is 0 Å². The Labute approximate surface area is 177 Å². The first-order valence-corrected chi connectivity index (χ1v) is 8.19. The number of nitrogens with one attached hydrogen (secondary N) is 1. The summed E-state index contributed by atoms with van der Waals surface area (Å²) in [5.74, 6) is -59.5. The lowest BCUT2D eigenvalue weighted by molar-refractivity contribution is -0.443. The van der Waals surface area contributed by atoms with Crippen LogP contribution in [0.25, 0.3) is 0 Å². The summed E-state index contributed by atoms with van der Waals surface area (Å²) in [5.41, 5.74) is -0.160. The second-order valence-electron chi connectivity index (χ2n) is 6.54. The van der Waals surface area contributed by atoms with E-state index in [0.717, 1.165) is 17.4 Å². The van der Waals surface area contributed by atoms with Crippen LogP contribution < -0.4 is 5.32 Å². The van der Waals surface area contributed by atoms with E-state index in [9.17, 15) is 75.0 Å². The normalized spacial score (nSPS) is 15.0. The van der Waals surface area contributed by atoms with E-state index in [-0.39, 0.29) is 5.56 Å². The Kier molecular flexibility index (Phi) is 7.54. The van der Waals surface area contributed by atoms with Crippen molar-refractivity contribution in [1.29, 1.82) is 0 Å². The first-order chi connectivity index (χ1) is 14.9. The topological polar surface area (TPSA) is 29.1 Å². The molecule has 1 aromatic carbocycles. The second kappa shape index (κ2) is 8.66. The summed E-state index contributed by atoms with van der Waals surface area (Å²) in [7, 11) is 0. The van der Waals surface area contributed by atoms with Crippen LogP contribution in [-0.2, 0) is 11.3 Å². The van der Waals surface area contributed by atoms with E-state index in [1.54, 1.807) is 0 Å². The van der Waals surface area contributed by atoms with Gasteiger partial charge in [-0.25, -0.2) is 8.78 Å². The highest BCUT2D eigenvalue weighted by molar-refractivity contribution is 5.84. The maximum absolute atomic E-state index is 13.7. The van der Waals surface area contributed by atoms with Crippen molar-refractivity contribution >= 4 is 5.91 Å². The van der Waals surface area contributed by atoms with Crippen molar-refractivity contribution in [1.82, 2.24) is 5.32 Å². The molecule has 0 aliphatic rings. The van der Waals surface area contributed by atoms with Crippen molar-refractivity contribution < 1.29 is 75.0 Å². The number of amides is 1. The summed E-state index contributed by atoms with van der Waals surface area (Å²) in [4.78, 5) is 11.3. The number of hydrogen-bond acceptors (Lipinski definition) is 1. The van der Waals surface area contributed by atoms with Gasteiger partial charge in [0.1, 0.15) is 0 Å². The molecule has 1 rings (SSSR count). The fraction of sp³-hybridized carbons (Fsp3) is 0.562. The zero-order valence-corrected chi connectivity index (χ0v) is 15.6. The van der Waals surface area contributed by atoms with Crippen LogP contribution in [-0.4, -0.2) is 53.8 Å². The van der Waals surface area contributed by atoms with Crippen molar-refractivity contribution in [2.45, 2.75) is 54.4 Å². The smallest absolute Gasteiger partial charge is 0.347 e. The fourth-order valence-corrected chi connectivity index (χ4v) is 2.17. The summed E-state index contributed by atoms with van der Waals surface area (Å²) >= 11 is 0. The minimum Gasteiger partial charge on any atom is -0.347 e. The number of benzene rings is 1. The maximum Gasteiger partial charge on any atom is 0.392 e. The van der Waals surface area contributed by atoms with Crippen molar-refractivity contribution in [3.8, 4) is 0 Å². The summed E-state index contributed by atoms with van der Waals surface area (Å²) in [6.45, 7) is -1.14. The van der Waals surface area contributed by atoms with Gasteiger partial charge in [0.15, 0.2) is 0 Å². The summed E-state index contributed by atoms with van der Waals surface area (Å²) < 4.78 is 211. The van der Waals surface area contributed by atoms with E-state index < -0.39 is 60.3 Å². The van der Waals surface area contributed by atoms with E-state index in [1.807, 2.05) is 0 Å². The molecule has 1 amide bonds. The van der Waals surface area contributed by atoms with Gasteiger partial charge in [-0.2, -0.15) is 61.5 Å². The average molecular weight is 535 g/mol. The molecule has 0 heterocycles. The third-order valence-electron chi connectivity index (χ3n) is 4.25. The Balaban J connectivity index is 3.43. The molecule has 0 fully saturated rings. The van der Waals surface area contributed by atoms with Crippen molar-refractivity contribution in [3.63, 3.8) is 0 Å². The van der Waals surface area contributed by atoms with Gasteiger partial charge in [0.25, 0.3) is 5.91 Å². The van der Waals surface area contributed by atoms with Crippen LogP contribution in [0, 0.1) is 0 Å². The first kappa shape index (κ1) is 29.6. The molecule has 0 spiro atoms. The molecule has 0 saturated heterocycles. The molecule has 0 aliphatic heterocycles. The third kappa shape index (κ3) is 4.12. The van der Waals surface area contributed by atoms with E-state index in [0.29, 0.717) is 0 Å². The highest BCUT2D eigenvalue weighted by atomic mass is 19.4. The highest BCUT2D eigenvalue weighted by Crippen LogP contribution is 2.62. The number of halogens is 16. The standard InChI is InChI=1S/C16H9F16NO/c17-8(18)10(19,20)12(23,24)14(27,28)16(31,32)15(29,30)13(25,26)11(21,22)9(34)33-6-7-4-2-1-3-5-7/h1-5,8H,6H2,(H,33,34). The Morgan fingerprint density at radius 1 is 0.647 bits per heavy atom. The summed E-state index contributed by atoms with van der Waals surface area (Å²) in [6.07, 6.45) is -5.91. The molecule has 0 bridgehead atoms. The largest absolute Gasteiger partial charge is 0.392 e. The van der Waals surface area contributed by atoms with Gasteiger partial charge in [-0.3, -0.25) is 4.79 Å². The number of rotatable bonds is 10. The number of hydrogen-bond donors (Lipinski definition) is 1. The van der Waals surface area contributed by atoms with Gasteiger partial charge in [0.2, 0.25) is 0 Å². The van der Waals surface area contributed by atoms with Crippen LogP contribution in [0.15, 0.2) is 30.3 Å². The summed E-state index contributed by atoms with van der Waals surface area (Å²) in [5, 5.41) is 0.875. The van der Waals surface area contributed by atoms with Crippen LogP contribution in [0.4, 0.5) is 70.2 Å². The van der Waals surface area contributed by atoms with Gasteiger partial charge in [-0.1, -0.05) is 30.3 Å². The lowest BCUT2D eigenvalue weighted by Gasteiger charge is -2.42. The molecule has 34 heavy (non-hydrogen) atoms. The molecular weight excluding hydrogens is 526 g/mol. The molecular formula is C16H9F16NO. The number of carbonyl (C=O) groups is 1. The number of carbonyl (C=O) groups excluding carboxylic acids is 1. The fourth-order valence-electron chi connectivity index (χ4n) is 2.17. The molecule has 0 aliphatic carbocycles. The monoisotopic (exact) mass is 535 g/mol. The Hall–Kier alpha value is -2.43. The van der Waals surface area contributed by atoms with Gasteiger partial charge in [0, 0.05) is 6.54 Å². The molecule has 18 heteroatoms. The Bertz CT molecular complexity index is 867. The lowest BCUT2D eigenvalue weighted by atomic mass is 9.89. The zero-order chi connectivity index (χ0) is 27.2. The molecule has 0 atom stereocenters. The van der Waals surface area contributed by atoms with Crippen molar-refractivity contribution in [2.24, 2.45) is 0 Å². The number of alkyl halides is 16. The van der Waals surface area contributed by atoms with E-state index in [4.69, 9.17) is 0 Å². The molecule has 1 N–H and O–H groups in total. The van der Waals surface area contributed by atoms with Crippen LogP contribution in [0.3, 0.4) is 0 Å². The first-order valence-electron chi connectivity index (χ1n) is 8.19. The molecule has 0 saturated carbocycles. The van der Waals surface area contributed by atoms with E-state index in [1.165, 1.54) is 18.2 Å². The van der Waals surface area contributed by atoms with Crippen molar-refractivity contribution in [2.75, 3.05) is 0 Å². The van der Waals surface area contributed by atoms with Gasteiger partial charge in [-0.15, -0.1) is 0 Å². The molecule has 0 unspecified atom stereocenters. The highest BCUT2D eigenvalue weighted by Gasteiger charge is 2.94. The molecule has 196 valence electrons. The van der Waals surface area contributed by atoms with Gasteiger partial charge in [0.05, 0.1) is 0 Å². The zero-order valence-electron chi connectivity index (χ0n) is 15.6. The lowest BCUT2D eigenvalue weighted by Crippen LogP contribution is -2.74. The molecule has 2 nitrogen and oxygen atoms in total.